The molecule has 3 rings (SSSR count). The van der Waals surface area contributed by atoms with Crippen LogP contribution in [0.5, 0.6) is 0 Å². The van der Waals surface area contributed by atoms with E-state index in [2.05, 4.69) is 4.98 Å². The lowest BCUT2D eigenvalue weighted by Crippen LogP contribution is -2.01. The van der Waals surface area contributed by atoms with Crippen LogP contribution in [0, 0.1) is 5.82 Å². The normalized spacial score (nSPS) is 10.6. The van der Waals surface area contributed by atoms with Crippen molar-refractivity contribution in [1.29, 1.82) is 0 Å². The summed E-state index contributed by atoms with van der Waals surface area (Å²) >= 11 is 0. The zero-order valence-corrected chi connectivity index (χ0v) is 10.0. The molecule has 92 valence electrons. The van der Waals surface area contributed by atoms with Gasteiger partial charge in [-0.15, -0.1) is 0 Å². The third kappa shape index (κ3) is 2.22. The highest BCUT2D eigenvalue weighted by molar-refractivity contribution is 6.10. The minimum atomic E-state index is -0.412. The summed E-state index contributed by atoms with van der Waals surface area (Å²) < 4.78 is 13.1. The number of carbonyl (C=O) groups is 1. The molecule has 2 nitrogen and oxygen atoms in total. The van der Waals surface area contributed by atoms with E-state index < -0.39 is 5.82 Å². The third-order valence-electron chi connectivity index (χ3n) is 2.95. The summed E-state index contributed by atoms with van der Waals surface area (Å²) in [7, 11) is 0. The maximum absolute atomic E-state index is 13.1. The van der Waals surface area contributed by atoms with Gasteiger partial charge in [-0.3, -0.25) is 9.78 Å². The Kier molecular flexibility index (Phi) is 2.80. The number of hydrogen-bond acceptors (Lipinski definition) is 2. The quantitative estimate of drug-likeness (QED) is 0.651. The molecule has 19 heavy (non-hydrogen) atoms. The molecule has 0 unspecified atom stereocenters. The number of fused-ring (bicyclic) bond motifs is 1. The first-order chi connectivity index (χ1) is 9.24. The van der Waals surface area contributed by atoms with E-state index in [0.717, 1.165) is 10.9 Å². The Hall–Kier alpha value is -2.55. The Morgan fingerprint density at radius 2 is 1.79 bits per heavy atom. The first-order valence-electron chi connectivity index (χ1n) is 5.89. The zero-order valence-electron chi connectivity index (χ0n) is 10.0. The average Bonchev–Trinajstić information content (AvgIpc) is 2.46. The van der Waals surface area contributed by atoms with E-state index in [9.17, 15) is 9.18 Å². The molecule has 0 amide bonds. The lowest BCUT2D eigenvalue weighted by atomic mass is 10.0. The van der Waals surface area contributed by atoms with E-state index in [-0.39, 0.29) is 5.78 Å². The van der Waals surface area contributed by atoms with E-state index in [1.165, 1.54) is 18.2 Å². The van der Waals surface area contributed by atoms with Crippen LogP contribution < -0.4 is 0 Å². The van der Waals surface area contributed by atoms with Gasteiger partial charge in [0, 0.05) is 22.7 Å². The molecule has 0 radical (unpaired) electrons. The van der Waals surface area contributed by atoms with Crippen molar-refractivity contribution in [2.45, 2.75) is 0 Å². The summed E-state index contributed by atoms with van der Waals surface area (Å²) in [6.07, 6.45) is 1.68. The van der Waals surface area contributed by atoms with E-state index in [1.54, 1.807) is 24.4 Å². The van der Waals surface area contributed by atoms with Crippen LogP contribution in [0.2, 0.25) is 0 Å². The van der Waals surface area contributed by atoms with E-state index >= 15 is 0 Å². The van der Waals surface area contributed by atoms with Gasteiger partial charge < -0.3 is 0 Å². The fourth-order valence-electron chi connectivity index (χ4n) is 2.00. The summed E-state index contributed by atoms with van der Waals surface area (Å²) in [5.41, 5.74) is 1.61. The third-order valence-corrected chi connectivity index (χ3v) is 2.95. The highest BCUT2D eigenvalue weighted by Crippen LogP contribution is 2.16. The topological polar surface area (TPSA) is 30.0 Å². The summed E-state index contributed by atoms with van der Waals surface area (Å²) in [5.74, 6) is -0.614. The summed E-state index contributed by atoms with van der Waals surface area (Å²) in [4.78, 5) is 16.5. The van der Waals surface area contributed by atoms with Crippen LogP contribution in [-0.2, 0) is 0 Å². The number of halogens is 1. The first kappa shape index (κ1) is 11.5. The molecule has 0 bridgehead atoms. The minimum Gasteiger partial charge on any atom is -0.289 e. The Balaban J connectivity index is 2.06. The standard InChI is InChI=1S/C16H10FNO/c17-14-5-1-3-12(9-14)16(19)13-7-6-11-4-2-8-18-15(11)10-13/h1-10H. The van der Waals surface area contributed by atoms with Gasteiger partial charge in [-0.2, -0.15) is 0 Å². The van der Waals surface area contributed by atoms with E-state index in [4.69, 9.17) is 0 Å². The van der Waals surface area contributed by atoms with Crippen LogP contribution in [0.3, 0.4) is 0 Å². The molecule has 0 aliphatic heterocycles. The highest BCUT2D eigenvalue weighted by Gasteiger charge is 2.10. The summed E-state index contributed by atoms with van der Waals surface area (Å²) in [6, 6.07) is 14.8. The highest BCUT2D eigenvalue weighted by atomic mass is 19.1. The van der Waals surface area contributed by atoms with Crippen LogP contribution >= 0.6 is 0 Å². The Morgan fingerprint density at radius 1 is 0.947 bits per heavy atom. The Labute approximate surface area is 109 Å². The second-order valence-corrected chi connectivity index (χ2v) is 4.25. The molecular formula is C16H10FNO. The fraction of sp³-hybridized carbons (Fsp3) is 0. The van der Waals surface area contributed by atoms with Gasteiger partial charge in [-0.1, -0.05) is 30.3 Å². The Morgan fingerprint density at radius 3 is 2.63 bits per heavy atom. The van der Waals surface area contributed by atoms with Crippen molar-refractivity contribution in [1.82, 2.24) is 4.98 Å². The van der Waals surface area contributed by atoms with Crippen molar-refractivity contribution in [2.75, 3.05) is 0 Å². The molecule has 2 aromatic carbocycles. The smallest absolute Gasteiger partial charge is 0.193 e. The molecule has 1 heterocycles. The van der Waals surface area contributed by atoms with E-state index in [1.807, 2.05) is 18.2 Å². The molecule has 3 aromatic rings. The maximum Gasteiger partial charge on any atom is 0.193 e. The molecule has 0 aliphatic carbocycles. The van der Waals surface area contributed by atoms with Crippen LogP contribution in [0.1, 0.15) is 15.9 Å². The Bertz CT molecular complexity index is 767. The van der Waals surface area contributed by atoms with Crippen molar-refractivity contribution in [3.05, 3.63) is 77.7 Å². The number of benzene rings is 2. The second kappa shape index (κ2) is 4.61. The van der Waals surface area contributed by atoms with Gasteiger partial charge in [0.15, 0.2) is 5.78 Å². The number of hydrogen-bond donors (Lipinski definition) is 0. The average molecular weight is 251 g/mol. The van der Waals surface area contributed by atoms with Gasteiger partial charge in [0.25, 0.3) is 0 Å². The summed E-state index contributed by atoms with van der Waals surface area (Å²) in [5, 5.41) is 0.971. The monoisotopic (exact) mass is 251 g/mol. The van der Waals surface area contributed by atoms with Gasteiger partial charge in [-0.05, 0) is 24.3 Å². The van der Waals surface area contributed by atoms with Crippen molar-refractivity contribution < 1.29 is 9.18 Å². The largest absolute Gasteiger partial charge is 0.289 e. The molecule has 1 aromatic heterocycles. The minimum absolute atomic E-state index is 0.202. The lowest BCUT2D eigenvalue weighted by Gasteiger charge is -2.03. The molecule has 0 fully saturated rings. The van der Waals surface area contributed by atoms with Gasteiger partial charge in [0.05, 0.1) is 5.52 Å². The number of rotatable bonds is 2. The van der Waals surface area contributed by atoms with Gasteiger partial charge in [0.1, 0.15) is 5.82 Å². The molecule has 0 saturated carbocycles. The van der Waals surface area contributed by atoms with Gasteiger partial charge in [-0.25, -0.2) is 4.39 Å². The van der Waals surface area contributed by atoms with Crippen molar-refractivity contribution in [3.63, 3.8) is 0 Å². The SMILES string of the molecule is O=C(c1cccc(F)c1)c1ccc2cccnc2c1. The van der Waals surface area contributed by atoms with E-state index in [0.29, 0.717) is 11.1 Å². The van der Waals surface area contributed by atoms with Crippen LogP contribution in [-0.4, -0.2) is 10.8 Å². The summed E-state index contributed by atoms with van der Waals surface area (Å²) in [6.45, 7) is 0. The maximum atomic E-state index is 13.1. The fourth-order valence-corrected chi connectivity index (χ4v) is 2.00. The first-order valence-corrected chi connectivity index (χ1v) is 5.89. The molecule has 3 heteroatoms. The number of pyridine rings is 1. The van der Waals surface area contributed by atoms with Crippen LogP contribution in [0.25, 0.3) is 10.9 Å². The molecule has 0 aliphatic rings. The zero-order chi connectivity index (χ0) is 13.2. The van der Waals surface area contributed by atoms with Crippen LogP contribution in [0.15, 0.2) is 60.8 Å². The van der Waals surface area contributed by atoms with Crippen LogP contribution in [0.4, 0.5) is 4.39 Å². The van der Waals surface area contributed by atoms with Crippen molar-refractivity contribution in [2.24, 2.45) is 0 Å². The molecule has 0 saturated heterocycles. The number of ketones is 1. The predicted octanol–water partition coefficient (Wildman–Crippen LogP) is 3.60. The number of carbonyl (C=O) groups excluding carboxylic acids is 1. The van der Waals surface area contributed by atoms with Gasteiger partial charge in [0.2, 0.25) is 0 Å². The lowest BCUT2D eigenvalue weighted by molar-refractivity contribution is 0.103. The molecule has 0 atom stereocenters. The molecule has 0 N–H and O–H groups in total. The predicted molar refractivity (Wildman–Crippen MR) is 71.6 cm³/mol. The second-order valence-electron chi connectivity index (χ2n) is 4.25. The number of aromatic nitrogens is 1. The van der Waals surface area contributed by atoms with Crippen molar-refractivity contribution >= 4 is 16.7 Å². The van der Waals surface area contributed by atoms with Crippen molar-refractivity contribution in [3.8, 4) is 0 Å². The molecular weight excluding hydrogens is 241 g/mol. The molecule has 0 spiro atoms. The number of nitrogens with zero attached hydrogens (tertiary/aromatic N) is 1. The van der Waals surface area contributed by atoms with Gasteiger partial charge >= 0.3 is 0 Å².